The van der Waals surface area contributed by atoms with Gasteiger partial charge in [0.2, 0.25) is 5.91 Å². The van der Waals surface area contributed by atoms with E-state index in [2.05, 4.69) is 34.3 Å². The van der Waals surface area contributed by atoms with E-state index in [-0.39, 0.29) is 17.5 Å². The second kappa shape index (κ2) is 11.6. The lowest BCUT2D eigenvalue weighted by Gasteiger charge is -2.27. The Hall–Kier alpha value is -2.75. The van der Waals surface area contributed by atoms with Gasteiger partial charge in [0, 0.05) is 37.4 Å². The summed E-state index contributed by atoms with van der Waals surface area (Å²) in [5.41, 5.74) is 2.79. The third kappa shape index (κ3) is 6.43. The van der Waals surface area contributed by atoms with E-state index < -0.39 is 0 Å². The van der Waals surface area contributed by atoms with Crippen LogP contribution in [0.2, 0.25) is 0 Å². The van der Waals surface area contributed by atoms with Gasteiger partial charge in [0.15, 0.2) is 11.0 Å². The van der Waals surface area contributed by atoms with Gasteiger partial charge in [0.25, 0.3) is 0 Å². The Morgan fingerprint density at radius 2 is 1.76 bits per heavy atom. The van der Waals surface area contributed by atoms with Gasteiger partial charge in [-0.1, -0.05) is 37.7 Å². The van der Waals surface area contributed by atoms with Crippen LogP contribution in [0, 0.1) is 5.82 Å². The molecular formula is C25H30FN5O2S. The first-order chi connectivity index (χ1) is 16.5. The molecule has 7 nitrogen and oxygen atoms in total. The van der Waals surface area contributed by atoms with E-state index in [1.807, 2.05) is 28.8 Å². The number of thioether (sulfide) groups is 1. The molecule has 34 heavy (non-hydrogen) atoms. The number of nitrogens with zero attached hydrogens (tertiary/aromatic N) is 4. The number of nitrogens with one attached hydrogen (secondary N) is 1. The number of rotatable bonds is 9. The largest absolute Gasteiger partial charge is 0.379 e. The van der Waals surface area contributed by atoms with Crippen LogP contribution < -0.4 is 5.32 Å². The molecule has 1 saturated heterocycles. The summed E-state index contributed by atoms with van der Waals surface area (Å²) in [7, 11) is 0. The summed E-state index contributed by atoms with van der Waals surface area (Å²) >= 11 is 1.35. The fraction of sp³-hybridized carbons (Fsp3) is 0.400. The summed E-state index contributed by atoms with van der Waals surface area (Å²) in [5.74, 6) is 0.925. The first-order valence-electron chi connectivity index (χ1n) is 11.5. The van der Waals surface area contributed by atoms with E-state index >= 15 is 0 Å². The highest BCUT2D eigenvalue weighted by molar-refractivity contribution is 7.99. The number of benzene rings is 2. The second-order valence-corrected chi connectivity index (χ2v) is 9.47. The highest BCUT2D eigenvalue weighted by Crippen LogP contribution is 2.25. The molecule has 1 aromatic heterocycles. The molecule has 1 N–H and O–H groups in total. The predicted octanol–water partition coefficient (Wildman–Crippen LogP) is 4.27. The number of morpholine rings is 1. The number of ether oxygens (including phenoxy) is 1. The topological polar surface area (TPSA) is 72.3 Å². The van der Waals surface area contributed by atoms with E-state index in [1.165, 1.54) is 29.5 Å². The van der Waals surface area contributed by atoms with Crippen LogP contribution in [-0.2, 0) is 16.1 Å². The van der Waals surface area contributed by atoms with Gasteiger partial charge in [-0.15, -0.1) is 10.2 Å². The lowest BCUT2D eigenvalue weighted by atomic mass is 10.0. The Kier molecular flexibility index (Phi) is 8.31. The lowest BCUT2D eigenvalue weighted by Crippen LogP contribution is -2.38. The molecule has 9 heteroatoms. The monoisotopic (exact) mass is 483 g/mol. The van der Waals surface area contributed by atoms with Crippen LogP contribution in [0.15, 0.2) is 53.7 Å². The van der Waals surface area contributed by atoms with Crippen molar-refractivity contribution in [3.8, 4) is 11.4 Å². The van der Waals surface area contributed by atoms with Crippen molar-refractivity contribution in [2.24, 2.45) is 0 Å². The molecule has 2 aromatic carbocycles. The molecule has 2 heterocycles. The van der Waals surface area contributed by atoms with Gasteiger partial charge in [0.05, 0.1) is 19.0 Å². The summed E-state index contributed by atoms with van der Waals surface area (Å²) in [6.45, 7) is 8.99. The molecule has 1 aliphatic rings. The molecule has 0 bridgehead atoms. The Labute approximate surface area is 203 Å². The van der Waals surface area contributed by atoms with Crippen molar-refractivity contribution in [3.05, 3.63) is 59.9 Å². The van der Waals surface area contributed by atoms with Crippen molar-refractivity contribution >= 4 is 23.4 Å². The maximum Gasteiger partial charge on any atom is 0.234 e. The molecule has 1 aliphatic heterocycles. The molecule has 0 atom stereocenters. The molecule has 4 rings (SSSR count). The van der Waals surface area contributed by atoms with Gasteiger partial charge < -0.3 is 14.6 Å². The highest BCUT2D eigenvalue weighted by atomic mass is 32.2. The summed E-state index contributed by atoms with van der Waals surface area (Å²) in [6.07, 6.45) is 0. The zero-order valence-electron chi connectivity index (χ0n) is 19.5. The van der Waals surface area contributed by atoms with Crippen LogP contribution in [0.25, 0.3) is 11.4 Å². The van der Waals surface area contributed by atoms with Crippen LogP contribution in [0.4, 0.5) is 10.1 Å². The molecule has 0 unspecified atom stereocenters. The first-order valence-corrected chi connectivity index (χ1v) is 12.5. The number of hydrogen-bond donors (Lipinski definition) is 1. The third-order valence-corrected chi connectivity index (χ3v) is 6.72. The standard InChI is InChI=1S/C25H30FN5O2S/c1-18(2)19-5-9-22(10-6-19)27-23(32)17-34-25-29-28-24(20-3-7-21(26)8-4-20)31(25)12-11-30-13-15-33-16-14-30/h3-10,18H,11-17H2,1-2H3,(H,27,32). The summed E-state index contributed by atoms with van der Waals surface area (Å²) in [4.78, 5) is 14.9. The van der Waals surface area contributed by atoms with Crippen LogP contribution >= 0.6 is 11.8 Å². The molecule has 0 spiro atoms. The van der Waals surface area contributed by atoms with E-state index in [9.17, 15) is 9.18 Å². The molecule has 1 fully saturated rings. The Bertz CT molecular complexity index is 1080. The van der Waals surface area contributed by atoms with Crippen molar-refractivity contribution in [2.75, 3.05) is 43.9 Å². The fourth-order valence-corrected chi connectivity index (χ4v) is 4.52. The number of carbonyl (C=O) groups excluding carboxylic acids is 1. The predicted molar refractivity (Wildman–Crippen MR) is 133 cm³/mol. The van der Waals surface area contributed by atoms with Gasteiger partial charge in [0.1, 0.15) is 5.82 Å². The molecule has 0 radical (unpaired) electrons. The quantitative estimate of drug-likeness (QED) is 0.459. The number of halogens is 1. The van der Waals surface area contributed by atoms with Gasteiger partial charge in [-0.3, -0.25) is 9.69 Å². The number of amides is 1. The number of carbonyl (C=O) groups is 1. The van der Waals surface area contributed by atoms with Crippen molar-refractivity contribution in [1.29, 1.82) is 0 Å². The van der Waals surface area contributed by atoms with Crippen molar-refractivity contribution in [3.63, 3.8) is 0 Å². The maximum absolute atomic E-state index is 13.4. The van der Waals surface area contributed by atoms with Crippen LogP contribution in [0.3, 0.4) is 0 Å². The number of anilines is 1. The first kappa shape index (κ1) is 24.4. The summed E-state index contributed by atoms with van der Waals surface area (Å²) in [5, 5.41) is 12.3. The van der Waals surface area contributed by atoms with Gasteiger partial charge in [-0.05, 0) is 47.9 Å². The molecule has 180 valence electrons. The van der Waals surface area contributed by atoms with Crippen LogP contribution in [0.1, 0.15) is 25.3 Å². The van der Waals surface area contributed by atoms with Crippen molar-refractivity contribution in [2.45, 2.75) is 31.5 Å². The average Bonchev–Trinajstić information content (AvgIpc) is 3.25. The zero-order chi connectivity index (χ0) is 23.9. The van der Waals surface area contributed by atoms with Gasteiger partial charge >= 0.3 is 0 Å². The normalized spacial score (nSPS) is 14.5. The van der Waals surface area contributed by atoms with Crippen LogP contribution in [0.5, 0.6) is 0 Å². The second-order valence-electron chi connectivity index (χ2n) is 8.53. The number of hydrogen-bond acceptors (Lipinski definition) is 6. The highest BCUT2D eigenvalue weighted by Gasteiger charge is 2.18. The third-order valence-electron chi connectivity index (χ3n) is 5.76. The van der Waals surface area contributed by atoms with E-state index in [0.717, 1.165) is 44.1 Å². The minimum atomic E-state index is -0.296. The van der Waals surface area contributed by atoms with Gasteiger partial charge in [-0.25, -0.2) is 4.39 Å². The van der Waals surface area contributed by atoms with E-state index in [0.29, 0.717) is 23.4 Å². The van der Waals surface area contributed by atoms with Crippen LogP contribution in [-0.4, -0.2) is 64.2 Å². The molecule has 1 amide bonds. The summed E-state index contributed by atoms with van der Waals surface area (Å²) in [6, 6.07) is 14.2. The van der Waals surface area contributed by atoms with Crippen molar-refractivity contribution in [1.82, 2.24) is 19.7 Å². The molecule has 0 saturated carbocycles. The summed E-state index contributed by atoms with van der Waals surface area (Å²) < 4.78 is 20.9. The van der Waals surface area contributed by atoms with E-state index in [4.69, 9.17) is 4.74 Å². The maximum atomic E-state index is 13.4. The molecule has 0 aliphatic carbocycles. The molecular weight excluding hydrogens is 453 g/mol. The van der Waals surface area contributed by atoms with Gasteiger partial charge in [-0.2, -0.15) is 0 Å². The smallest absolute Gasteiger partial charge is 0.234 e. The Balaban J connectivity index is 1.44. The zero-order valence-corrected chi connectivity index (χ0v) is 20.4. The number of aromatic nitrogens is 3. The average molecular weight is 484 g/mol. The van der Waals surface area contributed by atoms with Crippen molar-refractivity contribution < 1.29 is 13.9 Å². The molecule has 3 aromatic rings. The fourth-order valence-electron chi connectivity index (χ4n) is 3.75. The SMILES string of the molecule is CC(C)c1ccc(NC(=O)CSc2nnc(-c3ccc(F)cc3)n2CCN2CCOCC2)cc1. The van der Waals surface area contributed by atoms with E-state index in [1.54, 1.807) is 12.1 Å². The minimum Gasteiger partial charge on any atom is -0.379 e. The lowest BCUT2D eigenvalue weighted by molar-refractivity contribution is -0.113. The Morgan fingerprint density at radius 1 is 1.06 bits per heavy atom. The minimum absolute atomic E-state index is 0.103. The Morgan fingerprint density at radius 3 is 2.44 bits per heavy atom.